The van der Waals surface area contributed by atoms with Crippen LogP contribution in [0.4, 0.5) is 10.1 Å². The average Bonchev–Trinajstić information content (AvgIpc) is 3.38. The minimum Gasteiger partial charge on any atom is -0.383 e. The number of hydrogen-bond donors (Lipinski definition) is 2. The molecule has 0 spiro atoms. The maximum Gasteiger partial charge on any atom is 0.128 e. The van der Waals surface area contributed by atoms with Crippen molar-refractivity contribution in [2.45, 2.75) is 74.1 Å². The molecule has 5 nitrogen and oxygen atoms in total. The number of hydrogen-bond acceptors (Lipinski definition) is 4. The van der Waals surface area contributed by atoms with Crippen LogP contribution in [-0.4, -0.2) is 35.0 Å². The number of nitrogens with one attached hydrogen (secondary N) is 2. The van der Waals surface area contributed by atoms with Gasteiger partial charge in [-0.2, -0.15) is 0 Å². The molecule has 0 amide bonds. The highest BCUT2D eigenvalue weighted by Crippen LogP contribution is 2.20. The number of aryl methyl sites for hydroxylation is 2. The smallest absolute Gasteiger partial charge is 0.128 e. The molecule has 0 unspecified atom stereocenters. The van der Waals surface area contributed by atoms with E-state index in [4.69, 9.17) is 4.99 Å². The molecule has 1 aromatic heterocycles. The number of amidine groups is 1. The van der Waals surface area contributed by atoms with Crippen molar-refractivity contribution in [2.24, 2.45) is 4.99 Å². The van der Waals surface area contributed by atoms with Crippen LogP contribution in [-0.2, 0) is 0 Å². The van der Waals surface area contributed by atoms with Gasteiger partial charge in [0.05, 0.1) is 12.0 Å². The normalized spacial score (nSPS) is 13.6. The Hall–Kier alpha value is -3.41. The minimum atomic E-state index is -0.170. The molecule has 0 atom stereocenters. The number of benzene rings is 2. The Morgan fingerprint density at radius 1 is 0.974 bits per heavy atom. The van der Waals surface area contributed by atoms with Gasteiger partial charge in [0.15, 0.2) is 0 Å². The summed E-state index contributed by atoms with van der Waals surface area (Å²) < 4.78 is 16.0. The van der Waals surface area contributed by atoms with Crippen LogP contribution in [0.3, 0.4) is 0 Å². The molecular formula is C32H46FN5. The number of aliphatic imine (C=N–C) groups is 1. The molecule has 38 heavy (non-hydrogen) atoms. The van der Waals surface area contributed by atoms with Crippen LogP contribution in [0.2, 0.25) is 0 Å². The van der Waals surface area contributed by atoms with E-state index in [1.54, 1.807) is 13.0 Å². The van der Waals surface area contributed by atoms with Crippen LogP contribution in [0.1, 0.15) is 75.8 Å². The van der Waals surface area contributed by atoms with E-state index >= 15 is 0 Å². The first-order valence-corrected chi connectivity index (χ1v) is 14.0. The largest absolute Gasteiger partial charge is 0.383 e. The van der Waals surface area contributed by atoms with E-state index in [1.807, 2.05) is 50.9 Å². The highest BCUT2D eigenvalue weighted by molar-refractivity contribution is 6.02. The van der Waals surface area contributed by atoms with Gasteiger partial charge >= 0.3 is 0 Å². The van der Waals surface area contributed by atoms with Crippen molar-refractivity contribution in [1.82, 2.24) is 14.9 Å². The number of halogens is 1. The van der Waals surface area contributed by atoms with Gasteiger partial charge in [0.1, 0.15) is 11.7 Å². The molecule has 0 bridgehead atoms. The van der Waals surface area contributed by atoms with Gasteiger partial charge in [-0.05, 0) is 86.2 Å². The topological polar surface area (TPSA) is 54.2 Å². The molecule has 6 heteroatoms. The van der Waals surface area contributed by atoms with Crippen molar-refractivity contribution in [1.29, 1.82) is 0 Å². The van der Waals surface area contributed by atoms with Crippen LogP contribution in [0.15, 0.2) is 59.5 Å². The lowest BCUT2D eigenvalue weighted by Crippen LogP contribution is -2.32. The molecule has 206 valence electrons. The molecule has 0 saturated heterocycles. The molecule has 0 radical (unpaired) electrons. The van der Waals surface area contributed by atoms with Crippen molar-refractivity contribution < 1.29 is 4.39 Å². The first-order valence-electron chi connectivity index (χ1n) is 14.0. The molecular weight excluding hydrogens is 473 g/mol. The zero-order chi connectivity index (χ0) is 27.9. The monoisotopic (exact) mass is 519 g/mol. The Kier molecular flexibility index (Phi) is 13.3. The van der Waals surface area contributed by atoms with Crippen LogP contribution >= 0.6 is 0 Å². The zero-order valence-electron chi connectivity index (χ0n) is 24.4. The lowest BCUT2D eigenvalue weighted by atomic mass is 10.0. The van der Waals surface area contributed by atoms with Crippen LogP contribution < -0.4 is 10.6 Å². The van der Waals surface area contributed by atoms with Crippen molar-refractivity contribution in [2.75, 3.05) is 25.0 Å². The van der Waals surface area contributed by atoms with Gasteiger partial charge in [0.25, 0.3) is 0 Å². The predicted molar refractivity (Wildman–Crippen MR) is 162 cm³/mol. The second kappa shape index (κ2) is 16.4. The summed E-state index contributed by atoms with van der Waals surface area (Å²) in [6.07, 6.45) is 10.8. The number of aromatic nitrogens is 2. The predicted octanol–water partition coefficient (Wildman–Crippen LogP) is 8.05. The molecule has 0 fully saturated rings. The molecule has 0 saturated carbocycles. The standard InChI is InChI=1S/C26H30FN5.C4H10.C2H6/c1-18-13-23(15-25(27)20(18)3)28-11-12-30-26-22(5-4-10-29-26)14-21-6-8-24(9-7-21)32-16-19(2)31-17-32;1-3-4-2;1-2/h6-9,13-17,28H,4-5,10-12H2,1-3H3,(H,29,30);3-4H2,1-2H3;1-2H3/b22-14+;;. The Labute approximate surface area is 229 Å². The van der Waals surface area contributed by atoms with E-state index in [1.165, 1.54) is 18.4 Å². The molecule has 4 rings (SSSR count). The van der Waals surface area contributed by atoms with Crippen molar-refractivity contribution in [3.8, 4) is 5.69 Å². The van der Waals surface area contributed by atoms with Crippen molar-refractivity contribution >= 4 is 17.6 Å². The fraction of sp³-hybridized carbons (Fsp3) is 0.438. The summed E-state index contributed by atoms with van der Waals surface area (Å²) in [5, 5.41) is 6.75. The van der Waals surface area contributed by atoms with Gasteiger partial charge in [-0.15, -0.1) is 0 Å². The van der Waals surface area contributed by atoms with Gasteiger partial charge in [-0.25, -0.2) is 9.37 Å². The van der Waals surface area contributed by atoms with E-state index in [9.17, 15) is 4.39 Å². The van der Waals surface area contributed by atoms with E-state index in [2.05, 4.69) is 59.8 Å². The second-order valence-corrected chi connectivity index (χ2v) is 9.27. The van der Waals surface area contributed by atoms with Gasteiger partial charge in [0, 0.05) is 37.2 Å². The van der Waals surface area contributed by atoms with Gasteiger partial charge in [-0.3, -0.25) is 4.99 Å². The molecule has 2 aromatic carbocycles. The fourth-order valence-corrected chi connectivity index (χ4v) is 3.80. The lowest BCUT2D eigenvalue weighted by molar-refractivity contribution is 0.617. The van der Waals surface area contributed by atoms with E-state index in [-0.39, 0.29) is 5.82 Å². The third-order valence-corrected chi connectivity index (χ3v) is 6.27. The first kappa shape index (κ1) is 30.8. The summed E-state index contributed by atoms with van der Waals surface area (Å²) >= 11 is 0. The molecule has 0 aliphatic carbocycles. The highest BCUT2D eigenvalue weighted by atomic mass is 19.1. The Morgan fingerprint density at radius 2 is 1.66 bits per heavy atom. The summed E-state index contributed by atoms with van der Waals surface area (Å²) in [6.45, 7) is 16.3. The fourth-order valence-electron chi connectivity index (χ4n) is 3.80. The summed E-state index contributed by atoms with van der Waals surface area (Å²) in [7, 11) is 0. The Balaban J connectivity index is 0.000000773. The third-order valence-electron chi connectivity index (χ3n) is 6.27. The maximum absolute atomic E-state index is 13.9. The average molecular weight is 520 g/mol. The second-order valence-electron chi connectivity index (χ2n) is 9.27. The van der Waals surface area contributed by atoms with Crippen LogP contribution in [0.25, 0.3) is 11.8 Å². The van der Waals surface area contributed by atoms with Crippen molar-refractivity contribution in [3.63, 3.8) is 0 Å². The first-order chi connectivity index (χ1) is 18.4. The summed E-state index contributed by atoms with van der Waals surface area (Å²) in [5.41, 5.74) is 6.94. The number of rotatable bonds is 7. The number of imidazole rings is 1. The van der Waals surface area contributed by atoms with Crippen LogP contribution in [0, 0.1) is 26.6 Å². The lowest BCUT2D eigenvalue weighted by Gasteiger charge is -2.18. The van der Waals surface area contributed by atoms with E-state index < -0.39 is 0 Å². The van der Waals surface area contributed by atoms with E-state index in [0.29, 0.717) is 18.7 Å². The molecule has 2 N–H and O–H groups in total. The Bertz CT molecular complexity index is 1150. The third kappa shape index (κ3) is 9.47. The zero-order valence-corrected chi connectivity index (χ0v) is 24.4. The minimum absolute atomic E-state index is 0.170. The van der Waals surface area contributed by atoms with Gasteiger partial charge in [0.2, 0.25) is 0 Å². The number of nitrogens with zero attached hydrogens (tertiary/aromatic N) is 3. The SMILES string of the molecule is CC.CCCC.Cc1cn(-c2ccc(/C=C3\CCCN=C3NCCNc3cc(C)c(C)c(F)c3)cc2)cn1. The van der Waals surface area contributed by atoms with Gasteiger partial charge in [-0.1, -0.05) is 52.7 Å². The molecule has 1 aliphatic rings. The molecule has 3 aromatic rings. The summed E-state index contributed by atoms with van der Waals surface area (Å²) in [6, 6.07) is 12.0. The van der Waals surface area contributed by atoms with Crippen LogP contribution in [0.5, 0.6) is 0 Å². The number of unbranched alkanes of at least 4 members (excludes halogenated alkanes) is 1. The Morgan fingerprint density at radius 3 is 2.26 bits per heavy atom. The van der Waals surface area contributed by atoms with Gasteiger partial charge < -0.3 is 15.2 Å². The summed E-state index contributed by atoms with van der Waals surface area (Å²) in [5.74, 6) is 0.787. The highest BCUT2D eigenvalue weighted by Gasteiger charge is 2.12. The molecule has 1 aliphatic heterocycles. The maximum atomic E-state index is 13.9. The number of anilines is 1. The van der Waals surface area contributed by atoms with E-state index in [0.717, 1.165) is 53.4 Å². The quantitative estimate of drug-likeness (QED) is 0.311. The summed E-state index contributed by atoms with van der Waals surface area (Å²) in [4.78, 5) is 8.99. The molecule has 2 heterocycles. The van der Waals surface area contributed by atoms with Crippen molar-refractivity contribution in [3.05, 3.63) is 82.7 Å².